The number of nitrogens with one attached hydrogen (secondary N) is 1. The van der Waals surface area contributed by atoms with Gasteiger partial charge in [-0.05, 0) is 18.4 Å². The summed E-state index contributed by atoms with van der Waals surface area (Å²) in [5, 5.41) is 18.9. The molecule has 1 rings (SSSR count). The fraction of sp³-hybridized carbons (Fsp3) is 0.833. The molecule has 0 bridgehead atoms. The van der Waals surface area contributed by atoms with Gasteiger partial charge in [0.25, 0.3) is 0 Å². The highest BCUT2D eigenvalue weighted by molar-refractivity contribution is 7.98. The molecule has 1 atom stereocenters. The number of rotatable bonds is 7. The molecule has 0 aliphatic carbocycles. The Morgan fingerprint density at radius 3 is 2.55 bits per heavy atom. The predicted octanol–water partition coefficient (Wildman–Crippen LogP) is -0.173. The van der Waals surface area contributed by atoms with Crippen molar-refractivity contribution in [3.05, 3.63) is 5.21 Å². The molecule has 1 aliphatic rings. The van der Waals surface area contributed by atoms with Gasteiger partial charge in [0, 0.05) is 20.0 Å². The molecule has 1 saturated heterocycles. The van der Waals surface area contributed by atoms with Crippen LogP contribution >= 0.6 is 11.8 Å². The summed E-state index contributed by atoms with van der Waals surface area (Å²) in [5.74, 6) is 0.463. The van der Waals surface area contributed by atoms with Crippen LogP contribution in [0.4, 0.5) is 0 Å². The molecule has 0 radical (unpaired) electrons. The van der Waals surface area contributed by atoms with Gasteiger partial charge >= 0.3 is 0 Å². The van der Waals surface area contributed by atoms with Gasteiger partial charge in [0.2, 0.25) is 17.1 Å². The van der Waals surface area contributed by atoms with Crippen molar-refractivity contribution in [3.63, 3.8) is 0 Å². The quantitative estimate of drug-likeness (QED) is 0.394. The topological polar surface area (TPSA) is 100 Å². The number of carbonyl (C=O) groups excluding carboxylic acids is 2. The maximum Gasteiger partial charge on any atom is 0.245 e. The number of hydrazine groups is 1. The third kappa shape index (κ3) is 5.58. The maximum atomic E-state index is 12.5. The third-order valence-corrected chi connectivity index (χ3v) is 3.89. The van der Waals surface area contributed by atoms with Crippen molar-refractivity contribution in [3.8, 4) is 0 Å². The smallest absolute Gasteiger partial charge is 0.245 e. The van der Waals surface area contributed by atoms with Gasteiger partial charge in [-0.2, -0.15) is 11.8 Å². The van der Waals surface area contributed by atoms with Crippen molar-refractivity contribution in [1.29, 1.82) is 0 Å². The summed E-state index contributed by atoms with van der Waals surface area (Å²) >= 11 is 1.63. The molecule has 22 heavy (non-hydrogen) atoms. The summed E-state index contributed by atoms with van der Waals surface area (Å²) in [5.41, 5.74) is 0. The number of hydrogen-bond acceptors (Lipinski definition) is 6. The number of hydrogen-bond donors (Lipinski definition) is 1. The van der Waals surface area contributed by atoms with Crippen LogP contribution in [0.1, 0.15) is 13.3 Å². The second-order valence-electron chi connectivity index (χ2n) is 4.83. The molecule has 0 aromatic carbocycles. The van der Waals surface area contributed by atoms with Crippen molar-refractivity contribution in [1.82, 2.24) is 15.2 Å². The first kappa shape index (κ1) is 18.3. The Morgan fingerprint density at radius 2 is 2.05 bits per heavy atom. The number of thioether (sulfide) groups is 1. The normalized spacial score (nSPS) is 17.1. The summed E-state index contributed by atoms with van der Waals surface area (Å²) < 4.78 is 0. The lowest BCUT2D eigenvalue weighted by atomic mass is 10.1. The lowest BCUT2D eigenvalue weighted by Gasteiger charge is -2.33. The number of nitrogens with zero attached hydrogens (tertiary/aromatic N) is 4. The van der Waals surface area contributed by atoms with Crippen LogP contribution in [-0.4, -0.2) is 78.0 Å². The molecule has 0 spiro atoms. The Bertz CT molecular complexity index is 412. The van der Waals surface area contributed by atoms with Crippen LogP contribution in [0.25, 0.3) is 0 Å². The summed E-state index contributed by atoms with van der Waals surface area (Å²) in [6.45, 7) is 2.96. The standard InChI is InChI=1S/C12H23N5O4S/c1-10(18)13-11(4-9-22-3)12(19)15-5-7-16(8-6-15)17(20)14-21-2/h11H,4-9H2,1-3H3,(H,13,18)/b17-14-/t11-/m0/s1. The van der Waals surface area contributed by atoms with Crippen LogP contribution in [0, 0.1) is 5.21 Å². The summed E-state index contributed by atoms with van der Waals surface area (Å²) in [6, 6.07) is -0.511. The van der Waals surface area contributed by atoms with E-state index in [-0.39, 0.29) is 11.8 Å². The van der Waals surface area contributed by atoms with E-state index >= 15 is 0 Å². The first-order chi connectivity index (χ1) is 10.5. The minimum Gasteiger partial charge on any atom is -0.569 e. The highest BCUT2D eigenvalue weighted by atomic mass is 32.2. The highest BCUT2D eigenvalue weighted by Gasteiger charge is 2.30. The van der Waals surface area contributed by atoms with E-state index in [1.165, 1.54) is 19.0 Å². The zero-order chi connectivity index (χ0) is 16.5. The molecule has 9 nitrogen and oxygen atoms in total. The van der Waals surface area contributed by atoms with Gasteiger partial charge in [-0.25, -0.2) is 0 Å². The van der Waals surface area contributed by atoms with Gasteiger partial charge in [-0.1, -0.05) is 0 Å². The Balaban J connectivity index is 2.57. The number of carbonyl (C=O) groups is 2. The number of piperazine rings is 1. The molecule has 1 fully saturated rings. The molecule has 1 N–H and O–H groups in total. The molecule has 0 aromatic rings. The van der Waals surface area contributed by atoms with Crippen molar-refractivity contribution < 1.29 is 19.4 Å². The lowest BCUT2D eigenvalue weighted by Crippen LogP contribution is -2.55. The molecule has 1 aliphatic heterocycles. The number of amides is 2. The Kier molecular flexibility index (Phi) is 7.78. The van der Waals surface area contributed by atoms with E-state index in [2.05, 4.69) is 15.4 Å². The summed E-state index contributed by atoms with van der Waals surface area (Å²) in [6.07, 6.45) is 2.54. The van der Waals surface area contributed by atoms with E-state index < -0.39 is 6.04 Å². The summed E-state index contributed by atoms with van der Waals surface area (Å²) in [7, 11) is 1.30. The van der Waals surface area contributed by atoms with Crippen molar-refractivity contribution in [2.24, 2.45) is 5.28 Å². The first-order valence-corrected chi connectivity index (χ1v) is 8.40. The minimum absolute atomic E-state index is 0.106. The molecule has 10 heteroatoms. The van der Waals surface area contributed by atoms with E-state index in [1.807, 2.05) is 6.26 Å². The van der Waals surface area contributed by atoms with E-state index in [9.17, 15) is 14.8 Å². The van der Waals surface area contributed by atoms with Gasteiger partial charge in [-0.15, -0.1) is 5.01 Å². The molecule has 0 aromatic heterocycles. The minimum atomic E-state index is -0.511. The van der Waals surface area contributed by atoms with Gasteiger partial charge in [0.05, 0.1) is 18.1 Å². The van der Waals surface area contributed by atoms with Crippen LogP contribution in [0.2, 0.25) is 0 Å². The van der Waals surface area contributed by atoms with Crippen LogP contribution in [-0.2, 0) is 14.4 Å². The van der Waals surface area contributed by atoms with E-state index in [0.29, 0.717) is 37.6 Å². The van der Waals surface area contributed by atoms with Crippen molar-refractivity contribution >= 4 is 23.6 Å². The monoisotopic (exact) mass is 333 g/mol. The van der Waals surface area contributed by atoms with E-state index in [4.69, 9.17) is 0 Å². The van der Waals surface area contributed by atoms with Gasteiger partial charge in [0.1, 0.15) is 13.2 Å². The summed E-state index contributed by atoms with van der Waals surface area (Å²) in [4.78, 5) is 30.2. The fourth-order valence-electron chi connectivity index (χ4n) is 2.17. The zero-order valence-corrected chi connectivity index (χ0v) is 14.0. The average molecular weight is 333 g/mol. The van der Waals surface area contributed by atoms with Crippen LogP contribution in [0.5, 0.6) is 0 Å². The molecular formula is C12H23N5O4S. The lowest BCUT2D eigenvalue weighted by molar-refractivity contribution is -0.711. The largest absolute Gasteiger partial charge is 0.569 e. The molecule has 0 unspecified atom stereocenters. The van der Waals surface area contributed by atoms with Crippen molar-refractivity contribution in [2.45, 2.75) is 19.4 Å². The van der Waals surface area contributed by atoms with E-state index in [0.717, 1.165) is 5.75 Å². The zero-order valence-electron chi connectivity index (χ0n) is 13.2. The molecule has 0 saturated carbocycles. The Hall–Kier alpha value is -1.71. The van der Waals surface area contributed by atoms with Crippen molar-refractivity contribution in [2.75, 3.05) is 45.3 Å². The highest BCUT2D eigenvalue weighted by Crippen LogP contribution is 2.09. The second-order valence-corrected chi connectivity index (χ2v) is 5.82. The fourth-order valence-corrected chi connectivity index (χ4v) is 2.64. The average Bonchev–Trinajstić information content (AvgIpc) is 2.50. The van der Waals surface area contributed by atoms with Crippen LogP contribution in [0.3, 0.4) is 0 Å². The van der Waals surface area contributed by atoms with Gasteiger partial charge in [-0.3, -0.25) is 9.59 Å². The maximum absolute atomic E-state index is 12.5. The Morgan fingerprint density at radius 1 is 1.41 bits per heavy atom. The molecular weight excluding hydrogens is 310 g/mol. The SMILES string of the molecule is CO/N=[N+](\[O-])N1CCN(C(=O)[C@H](CCSC)NC(C)=O)CC1. The second kappa shape index (κ2) is 9.34. The van der Waals surface area contributed by atoms with E-state index in [1.54, 1.807) is 16.7 Å². The first-order valence-electron chi connectivity index (χ1n) is 7.00. The van der Waals surface area contributed by atoms with Crippen LogP contribution < -0.4 is 5.32 Å². The van der Waals surface area contributed by atoms with Gasteiger partial charge < -0.3 is 20.3 Å². The van der Waals surface area contributed by atoms with Crippen LogP contribution in [0.15, 0.2) is 5.28 Å². The van der Waals surface area contributed by atoms with Gasteiger partial charge in [0.15, 0.2) is 0 Å². The molecule has 2 amide bonds. The molecule has 1 heterocycles. The molecule has 126 valence electrons. The predicted molar refractivity (Wildman–Crippen MR) is 81.8 cm³/mol. The Labute approximate surface area is 134 Å². The third-order valence-electron chi connectivity index (χ3n) is 3.25.